The molecule has 1 aliphatic heterocycles. The normalized spacial score (nSPS) is 26.5. The molecule has 2 aliphatic rings. The Balaban J connectivity index is 1.75. The van der Waals surface area contributed by atoms with Crippen LogP contribution in [-0.4, -0.2) is 22.8 Å². The molecule has 4 heteroatoms. The van der Waals surface area contributed by atoms with Crippen molar-refractivity contribution >= 4 is 0 Å². The van der Waals surface area contributed by atoms with Crippen molar-refractivity contribution in [2.75, 3.05) is 13.2 Å². The zero-order valence-corrected chi connectivity index (χ0v) is 11.8. The molecule has 106 valence electrons. The highest BCUT2D eigenvalue weighted by Crippen LogP contribution is 2.39. The number of imidazole rings is 1. The van der Waals surface area contributed by atoms with E-state index >= 15 is 0 Å². The Hall–Kier alpha value is -0.870. The molecule has 3 unspecified atom stereocenters. The minimum absolute atomic E-state index is 0.0678. The molecule has 0 aromatic carbocycles. The van der Waals surface area contributed by atoms with Gasteiger partial charge in [-0.3, -0.25) is 0 Å². The van der Waals surface area contributed by atoms with Crippen LogP contribution in [0.25, 0.3) is 0 Å². The highest BCUT2D eigenvalue weighted by atomic mass is 16.5. The summed E-state index contributed by atoms with van der Waals surface area (Å²) in [5.41, 5.74) is 7.64. The lowest BCUT2D eigenvalue weighted by Crippen LogP contribution is -2.25. The molecule has 0 bridgehead atoms. The number of rotatable bonds is 6. The van der Waals surface area contributed by atoms with Crippen molar-refractivity contribution in [1.29, 1.82) is 0 Å². The Morgan fingerprint density at radius 3 is 2.95 bits per heavy atom. The zero-order valence-electron chi connectivity index (χ0n) is 11.8. The van der Waals surface area contributed by atoms with Gasteiger partial charge in [0.1, 0.15) is 0 Å². The molecule has 0 radical (unpaired) electrons. The summed E-state index contributed by atoms with van der Waals surface area (Å²) in [5.74, 6) is 1.39. The van der Waals surface area contributed by atoms with Crippen molar-refractivity contribution in [3.05, 3.63) is 18.2 Å². The number of hydrogen-bond acceptors (Lipinski definition) is 3. The summed E-state index contributed by atoms with van der Waals surface area (Å²) in [5, 5.41) is 0. The summed E-state index contributed by atoms with van der Waals surface area (Å²) < 4.78 is 7.80. The summed E-state index contributed by atoms with van der Waals surface area (Å²) in [6.45, 7) is 3.92. The lowest BCUT2D eigenvalue weighted by molar-refractivity contribution is 0.180. The van der Waals surface area contributed by atoms with Gasteiger partial charge in [-0.2, -0.15) is 0 Å². The van der Waals surface area contributed by atoms with Crippen molar-refractivity contribution in [3.63, 3.8) is 0 Å². The van der Waals surface area contributed by atoms with E-state index in [-0.39, 0.29) is 6.04 Å². The maximum Gasteiger partial charge on any atom is 0.0951 e. The third kappa shape index (κ3) is 2.84. The van der Waals surface area contributed by atoms with Crippen LogP contribution < -0.4 is 5.73 Å². The van der Waals surface area contributed by atoms with E-state index < -0.39 is 0 Å². The largest absolute Gasteiger partial charge is 0.381 e. The van der Waals surface area contributed by atoms with Gasteiger partial charge in [0.2, 0.25) is 0 Å². The van der Waals surface area contributed by atoms with Crippen molar-refractivity contribution in [3.8, 4) is 0 Å². The zero-order chi connectivity index (χ0) is 13.2. The first-order chi connectivity index (χ1) is 9.29. The molecule has 0 spiro atoms. The van der Waals surface area contributed by atoms with E-state index in [1.54, 1.807) is 0 Å². The third-order valence-corrected chi connectivity index (χ3v) is 4.68. The molecule has 1 saturated heterocycles. The number of nitrogens with zero attached hydrogens (tertiary/aromatic N) is 2. The molecular weight excluding hydrogens is 238 g/mol. The maximum absolute atomic E-state index is 6.44. The second-order valence-corrected chi connectivity index (χ2v) is 6.12. The lowest BCUT2D eigenvalue weighted by atomic mass is 9.96. The Bertz CT molecular complexity index is 391. The molecule has 3 atom stereocenters. The quantitative estimate of drug-likeness (QED) is 0.858. The molecule has 1 aliphatic carbocycles. The van der Waals surface area contributed by atoms with Crippen LogP contribution in [0, 0.1) is 11.8 Å². The molecule has 1 saturated carbocycles. The van der Waals surface area contributed by atoms with E-state index in [0.29, 0.717) is 12.0 Å². The minimum Gasteiger partial charge on any atom is -0.381 e. The van der Waals surface area contributed by atoms with Gasteiger partial charge in [0.25, 0.3) is 0 Å². The van der Waals surface area contributed by atoms with Gasteiger partial charge in [-0.05, 0) is 25.2 Å². The third-order valence-electron chi connectivity index (χ3n) is 4.68. The first-order valence-electron chi connectivity index (χ1n) is 7.64. The van der Waals surface area contributed by atoms with Gasteiger partial charge >= 0.3 is 0 Å². The highest BCUT2D eigenvalue weighted by molar-refractivity contribution is 5.08. The molecule has 2 fully saturated rings. The van der Waals surface area contributed by atoms with Crippen LogP contribution in [0.5, 0.6) is 0 Å². The molecule has 2 heterocycles. The lowest BCUT2D eigenvalue weighted by Gasteiger charge is -2.24. The van der Waals surface area contributed by atoms with Gasteiger partial charge in [-0.25, -0.2) is 4.98 Å². The highest BCUT2D eigenvalue weighted by Gasteiger charge is 2.30. The van der Waals surface area contributed by atoms with Crippen LogP contribution in [-0.2, 0) is 4.74 Å². The van der Waals surface area contributed by atoms with Crippen LogP contribution in [0.4, 0.5) is 0 Å². The standard InChI is InChI=1S/C15H25N3O/c1-2-13(7-11-3-4-11)18-10-17-8-14(18)15(16)12-5-6-19-9-12/h8,10-13,15H,2-7,9,16H2,1H3. The van der Waals surface area contributed by atoms with E-state index in [1.807, 2.05) is 12.5 Å². The van der Waals surface area contributed by atoms with Gasteiger partial charge in [0.15, 0.2) is 0 Å². The predicted octanol–water partition coefficient (Wildman–Crippen LogP) is 2.67. The molecule has 2 N–H and O–H groups in total. The molecule has 1 aromatic heterocycles. The van der Waals surface area contributed by atoms with Gasteiger partial charge in [0, 0.05) is 24.8 Å². The molecular formula is C15H25N3O. The molecule has 1 aromatic rings. The van der Waals surface area contributed by atoms with Gasteiger partial charge < -0.3 is 15.0 Å². The average molecular weight is 263 g/mol. The summed E-state index contributed by atoms with van der Waals surface area (Å²) >= 11 is 0. The second kappa shape index (κ2) is 5.63. The molecule has 3 rings (SSSR count). The minimum atomic E-state index is 0.0678. The van der Waals surface area contributed by atoms with Crippen molar-refractivity contribution < 1.29 is 4.74 Å². The smallest absolute Gasteiger partial charge is 0.0951 e. The Labute approximate surface area is 115 Å². The molecule has 0 amide bonds. The number of hydrogen-bond donors (Lipinski definition) is 1. The Morgan fingerprint density at radius 1 is 1.47 bits per heavy atom. The van der Waals surface area contributed by atoms with E-state index in [9.17, 15) is 0 Å². The number of ether oxygens (including phenoxy) is 1. The van der Waals surface area contributed by atoms with E-state index in [4.69, 9.17) is 10.5 Å². The van der Waals surface area contributed by atoms with E-state index in [2.05, 4.69) is 16.5 Å². The monoisotopic (exact) mass is 263 g/mol. The summed E-state index contributed by atoms with van der Waals surface area (Å²) in [7, 11) is 0. The number of aromatic nitrogens is 2. The summed E-state index contributed by atoms with van der Waals surface area (Å²) in [6, 6.07) is 0.636. The van der Waals surface area contributed by atoms with E-state index in [0.717, 1.165) is 32.0 Å². The SMILES string of the molecule is CCC(CC1CC1)n1cncc1C(N)C1CCOC1. The van der Waals surface area contributed by atoms with Crippen molar-refractivity contribution in [2.24, 2.45) is 17.6 Å². The fourth-order valence-electron chi connectivity index (χ4n) is 3.17. The van der Waals surface area contributed by atoms with Crippen molar-refractivity contribution in [2.45, 2.75) is 51.1 Å². The van der Waals surface area contributed by atoms with Crippen molar-refractivity contribution in [1.82, 2.24) is 9.55 Å². The van der Waals surface area contributed by atoms with Gasteiger partial charge in [-0.1, -0.05) is 19.8 Å². The molecule has 4 nitrogen and oxygen atoms in total. The average Bonchev–Trinajstić information content (AvgIpc) is 2.94. The van der Waals surface area contributed by atoms with Crippen LogP contribution in [0.3, 0.4) is 0 Å². The second-order valence-electron chi connectivity index (χ2n) is 6.12. The van der Waals surface area contributed by atoms with E-state index in [1.165, 1.54) is 25.0 Å². The topological polar surface area (TPSA) is 53.1 Å². The first-order valence-corrected chi connectivity index (χ1v) is 7.64. The summed E-state index contributed by atoms with van der Waals surface area (Å²) in [6.07, 6.45) is 10.3. The Morgan fingerprint density at radius 2 is 2.32 bits per heavy atom. The fraction of sp³-hybridized carbons (Fsp3) is 0.800. The van der Waals surface area contributed by atoms with Crippen LogP contribution >= 0.6 is 0 Å². The van der Waals surface area contributed by atoms with Crippen LogP contribution in [0.2, 0.25) is 0 Å². The first kappa shape index (κ1) is 13.1. The van der Waals surface area contributed by atoms with Crippen LogP contribution in [0.1, 0.15) is 56.8 Å². The van der Waals surface area contributed by atoms with Gasteiger partial charge in [0.05, 0.1) is 24.7 Å². The maximum atomic E-state index is 6.44. The summed E-state index contributed by atoms with van der Waals surface area (Å²) in [4.78, 5) is 4.35. The molecule has 19 heavy (non-hydrogen) atoms. The predicted molar refractivity (Wildman–Crippen MR) is 74.8 cm³/mol. The van der Waals surface area contributed by atoms with Crippen LogP contribution in [0.15, 0.2) is 12.5 Å². The Kier molecular flexibility index (Phi) is 3.89. The fourth-order valence-corrected chi connectivity index (χ4v) is 3.17. The van der Waals surface area contributed by atoms with Gasteiger partial charge in [-0.15, -0.1) is 0 Å². The number of nitrogens with two attached hydrogens (primary N) is 1.